The topological polar surface area (TPSA) is 30.7 Å². The van der Waals surface area contributed by atoms with E-state index in [1.54, 1.807) is 23.5 Å². The van der Waals surface area contributed by atoms with Gasteiger partial charge in [-0.05, 0) is 114 Å². The summed E-state index contributed by atoms with van der Waals surface area (Å²) in [7, 11) is -1.34. The smallest absolute Gasteiger partial charge is 0.123 e. The largest absolute Gasteiger partial charge is 0.333 e. The third-order valence-electron chi connectivity index (χ3n) is 12.1. The maximum absolute atomic E-state index is 15.0. The molecule has 0 aliphatic carbocycles. The Kier molecular flexibility index (Phi) is 12.9. The molecule has 7 aromatic carbocycles. The van der Waals surface area contributed by atoms with Crippen molar-refractivity contribution in [3.8, 4) is 28.3 Å². The van der Waals surface area contributed by atoms with Crippen LogP contribution in [0.15, 0.2) is 134 Å². The van der Waals surface area contributed by atoms with Crippen LogP contribution in [0.1, 0.15) is 70.1 Å². The summed E-state index contributed by atoms with van der Waals surface area (Å²) in [6.07, 6.45) is 3.24. The van der Waals surface area contributed by atoms with Gasteiger partial charge < -0.3 is 9.55 Å². The molecular formula is C57H54FIrN3SSi-2. The van der Waals surface area contributed by atoms with Crippen LogP contribution in [0, 0.1) is 23.9 Å². The number of rotatable bonds is 8. The van der Waals surface area contributed by atoms with E-state index in [-0.39, 0.29) is 37.8 Å². The molecule has 0 atom stereocenters. The number of hydrogen-bond acceptors (Lipinski definition) is 3. The minimum Gasteiger partial charge on any atom is -0.333 e. The molecule has 0 amide bonds. The van der Waals surface area contributed by atoms with Gasteiger partial charge in [0.15, 0.2) is 0 Å². The summed E-state index contributed by atoms with van der Waals surface area (Å²) in [6.45, 7) is 20.3. The predicted octanol–water partition coefficient (Wildman–Crippen LogP) is 15.8. The van der Waals surface area contributed by atoms with Crippen LogP contribution in [-0.4, -0.2) is 22.6 Å². The van der Waals surface area contributed by atoms with Crippen LogP contribution < -0.4 is 5.19 Å². The Labute approximate surface area is 395 Å². The minimum absolute atomic E-state index is 0. The number of pyridine rings is 1. The summed E-state index contributed by atoms with van der Waals surface area (Å²) in [6, 6.07) is 50.8. The Morgan fingerprint density at radius 2 is 1.39 bits per heavy atom. The van der Waals surface area contributed by atoms with Crippen LogP contribution in [0.2, 0.25) is 19.6 Å². The number of fused-ring (bicyclic) bond motifs is 7. The molecule has 0 fully saturated rings. The van der Waals surface area contributed by atoms with Crippen molar-refractivity contribution in [2.45, 2.75) is 79.4 Å². The average molecular weight is 1050 g/mol. The molecule has 3 aromatic heterocycles. The molecule has 0 aliphatic rings. The Morgan fingerprint density at radius 3 is 2.09 bits per heavy atom. The summed E-state index contributed by atoms with van der Waals surface area (Å²) < 4.78 is 19.7. The second kappa shape index (κ2) is 18.3. The number of aromatic nitrogens is 3. The molecule has 64 heavy (non-hydrogen) atoms. The molecule has 1 radical (unpaired) electrons. The number of thiophene rings is 1. The van der Waals surface area contributed by atoms with Crippen molar-refractivity contribution >= 4 is 77.3 Å². The van der Waals surface area contributed by atoms with Gasteiger partial charge in [0, 0.05) is 36.7 Å². The number of para-hydroxylation sites is 2. The Bertz CT molecular complexity index is 3280. The minimum atomic E-state index is -1.34. The molecule has 0 bridgehead atoms. The SMILES string of the molecule is CC(C)Cc1cc(-c2[c-]cccc2)ncc1[Si](C)(C)C.CC(C)c1cc(F)cc(C(C)C)c1-n1c(-c2[c-]ccc3c2sc2cc4ccc5ccccc5c4cc23)nc2ccccc21.[Ir]. The van der Waals surface area contributed by atoms with E-state index >= 15 is 4.39 Å². The van der Waals surface area contributed by atoms with Gasteiger partial charge in [-0.2, -0.15) is 11.3 Å². The van der Waals surface area contributed by atoms with Gasteiger partial charge in [-0.25, -0.2) is 4.39 Å². The predicted molar refractivity (Wildman–Crippen MR) is 271 cm³/mol. The molecule has 0 saturated heterocycles. The monoisotopic (exact) mass is 1050 g/mol. The van der Waals surface area contributed by atoms with Crippen LogP contribution in [0.5, 0.6) is 0 Å². The van der Waals surface area contributed by atoms with E-state index in [0.29, 0.717) is 5.92 Å². The van der Waals surface area contributed by atoms with E-state index < -0.39 is 8.07 Å². The van der Waals surface area contributed by atoms with Gasteiger partial charge in [-0.15, -0.1) is 54.1 Å². The van der Waals surface area contributed by atoms with E-state index in [9.17, 15) is 0 Å². The fourth-order valence-electron chi connectivity index (χ4n) is 9.09. The number of hydrogen-bond donors (Lipinski definition) is 0. The molecule has 3 heterocycles. The van der Waals surface area contributed by atoms with Gasteiger partial charge >= 0.3 is 0 Å². The van der Waals surface area contributed by atoms with Gasteiger partial charge in [0.25, 0.3) is 0 Å². The third-order valence-corrected chi connectivity index (χ3v) is 15.3. The molecule has 10 rings (SSSR count). The molecule has 0 aliphatic heterocycles. The Balaban J connectivity index is 0.000000225. The number of halogens is 1. The molecular weight excluding hydrogens is 998 g/mol. The number of imidazole rings is 1. The fraction of sp³-hybridized carbons (Fsp3) is 0.228. The zero-order chi connectivity index (χ0) is 44.2. The van der Waals surface area contributed by atoms with Crippen molar-refractivity contribution in [1.82, 2.24) is 14.5 Å². The first-order valence-corrected chi connectivity index (χ1v) is 26.5. The molecule has 3 nitrogen and oxygen atoms in total. The van der Waals surface area contributed by atoms with Gasteiger partial charge in [0.05, 0.1) is 24.9 Å². The van der Waals surface area contributed by atoms with Crippen LogP contribution in [0.3, 0.4) is 0 Å². The maximum Gasteiger partial charge on any atom is 0.123 e. The van der Waals surface area contributed by atoms with Crippen molar-refractivity contribution in [3.05, 3.63) is 168 Å². The molecule has 325 valence electrons. The van der Waals surface area contributed by atoms with Crippen molar-refractivity contribution in [2.24, 2.45) is 5.92 Å². The fourth-order valence-corrected chi connectivity index (χ4v) is 11.9. The Morgan fingerprint density at radius 1 is 0.688 bits per heavy atom. The maximum atomic E-state index is 15.0. The quantitative estimate of drug-likeness (QED) is 0.0862. The summed E-state index contributed by atoms with van der Waals surface area (Å²) in [5, 5.41) is 8.96. The molecule has 0 N–H and O–H groups in total. The summed E-state index contributed by atoms with van der Waals surface area (Å²) in [5.41, 5.74) is 9.48. The van der Waals surface area contributed by atoms with Gasteiger partial charge in [-0.1, -0.05) is 132 Å². The second-order valence-corrected chi connectivity index (χ2v) is 25.0. The first-order chi connectivity index (χ1) is 30.3. The molecule has 7 heteroatoms. The van der Waals surface area contributed by atoms with Crippen LogP contribution in [-0.2, 0) is 26.5 Å². The zero-order valence-corrected chi connectivity index (χ0v) is 42.3. The standard InChI is InChI=1S/C39H30FN2S.C18H24NSi.Ir/c1-22(2)30-19-26(40)20-31(23(3)4)37(30)42-35-15-8-7-14-34(35)41-39(42)29-13-9-12-28-33-21-32-25(18-36(33)43-38(28)29)17-16-24-10-5-6-11-27(24)32;1-14(2)11-16-12-17(15-9-7-6-8-10-15)19-13-18(16)20(3,4)5;/h5-12,14-23H,1-4H3;6-9,12-14H,11H2,1-5H3;/q2*-1;. The molecule has 0 saturated carbocycles. The second-order valence-electron chi connectivity index (χ2n) is 18.9. The molecule has 0 spiro atoms. The molecule has 0 unspecified atom stereocenters. The number of nitrogens with zero attached hydrogens (tertiary/aromatic N) is 3. The van der Waals surface area contributed by atoms with Gasteiger partial charge in [-0.3, -0.25) is 4.98 Å². The zero-order valence-electron chi connectivity index (χ0n) is 38.1. The first-order valence-electron chi connectivity index (χ1n) is 22.2. The van der Waals surface area contributed by atoms with Crippen molar-refractivity contribution in [3.63, 3.8) is 0 Å². The van der Waals surface area contributed by atoms with Crippen LogP contribution in [0.25, 0.3) is 81.1 Å². The van der Waals surface area contributed by atoms with Crippen molar-refractivity contribution in [1.29, 1.82) is 0 Å². The normalized spacial score (nSPS) is 12.0. The van der Waals surface area contributed by atoms with Crippen LogP contribution in [0.4, 0.5) is 4.39 Å². The van der Waals surface area contributed by atoms with E-state index in [1.807, 2.05) is 30.3 Å². The molecule has 10 aromatic rings. The summed E-state index contributed by atoms with van der Waals surface area (Å²) in [5.74, 6) is 1.57. The van der Waals surface area contributed by atoms with Gasteiger partial charge in [0.2, 0.25) is 0 Å². The number of benzene rings is 7. The Hall–Kier alpha value is -5.30. The summed E-state index contributed by atoms with van der Waals surface area (Å²) in [4.78, 5) is 9.93. The summed E-state index contributed by atoms with van der Waals surface area (Å²) >= 11 is 1.80. The third kappa shape index (κ3) is 8.64. The van der Waals surface area contributed by atoms with E-state index in [2.05, 4.69) is 174 Å². The van der Waals surface area contributed by atoms with E-state index in [1.165, 1.54) is 47.8 Å². The van der Waals surface area contributed by atoms with E-state index in [0.717, 1.165) is 61.6 Å². The van der Waals surface area contributed by atoms with Crippen LogP contribution >= 0.6 is 11.3 Å². The van der Waals surface area contributed by atoms with Gasteiger partial charge in [0.1, 0.15) is 5.82 Å². The van der Waals surface area contributed by atoms with Crippen molar-refractivity contribution in [2.75, 3.05) is 0 Å². The first kappa shape index (κ1) is 45.3. The van der Waals surface area contributed by atoms with E-state index in [4.69, 9.17) is 4.98 Å². The van der Waals surface area contributed by atoms with Crippen molar-refractivity contribution < 1.29 is 24.5 Å². The average Bonchev–Trinajstić information content (AvgIpc) is 3.83.